The number of primary amides is 2. The van der Waals surface area contributed by atoms with Crippen LogP contribution in [0.3, 0.4) is 0 Å². The Bertz CT molecular complexity index is 411. The molecule has 0 atom stereocenters. The van der Waals surface area contributed by atoms with Gasteiger partial charge in [0.15, 0.2) is 0 Å². The number of hydrogen-bond acceptors (Lipinski definition) is 2. The lowest BCUT2D eigenvalue weighted by atomic mass is 10.1. The molecular formula is C11H12N2O2. The zero-order valence-corrected chi connectivity index (χ0v) is 8.14. The van der Waals surface area contributed by atoms with Gasteiger partial charge in [-0.2, -0.15) is 0 Å². The van der Waals surface area contributed by atoms with E-state index in [-0.39, 0.29) is 6.42 Å². The van der Waals surface area contributed by atoms with Crippen LogP contribution in [0.15, 0.2) is 30.3 Å². The van der Waals surface area contributed by atoms with Crippen molar-refractivity contribution in [2.24, 2.45) is 11.5 Å². The van der Waals surface area contributed by atoms with Gasteiger partial charge in [0, 0.05) is 12.0 Å². The number of rotatable bonds is 4. The zero-order valence-electron chi connectivity index (χ0n) is 8.14. The lowest BCUT2D eigenvalue weighted by Crippen LogP contribution is -2.10. The van der Waals surface area contributed by atoms with Crippen LogP contribution in [0, 0.1) is 0 Å². The van der Waals surface area contributed by atoms with Crippen LogP contribution in [0.1, 0.15) is 22.3 Å². The topological polar surface area (TPSA) is 86.2 Å². The molecule has 0 heterocycles. The predicted molar refractivity (Wildman–Crippen MR) is 57.8 cm³/mol. The van der Waals surface area contributed by atoms with E-state index in [1.807, 2.05) is 6.07 Å². The summed E-state index contributed by atoms with van der Waals surface area (Å²) in [6.45, 7) is 0. The van der Waals surface area contributed by atoms with Crippen LogP contribution in [0.25, 0.3) is 6.08 Å². The summed E-state index contributed by atoms with van der Waals surface area (Å²) >= 11 is 0. The second-order valence-corrected chi connectivity index (χ2v) is 3.06. The molecule has 1 aromatic rings. The summed E-state index contributed by atoms with van der Waals surface area (Å²) < 4.78 is 0. The first kappa shape index (κ1) is 11.0. The van der Waals surface area contributed by atoms with E-state index in [0.717, 1.165) is 5.56 Å². The van der Waals surface area contributed by atoms with Gasteiger partial charge in [0.2, 0.25) is 11.8 Å². The van der Waals surface area contributed by atoms with Gasteiger partial charge >= 0.3 is 0 Å². The molecule has 0 saturated heterocycles. The summed E-state index contributed by atoms with van der Waals surface area (Å²) in [6.07, 6.45) is 3.54. The van der Waals surface area contributed by atoms with Gasteiger partial charge < -0.3 is 11.5 Å². The van der Waals surface area contributed by atoms with Gasteiger partial charge in [-0.15, -0.1) is 0 Å². The van der Waals surface area contributed by atoms with Crippen molar-refractivity contribution in [3.8, 4) is 0 Å². The number of hydrogen-bond donors (Lipinski definition) is 2. The molecule has 1 rings (SSSR count). The highest BCUT2D eigenvalue weighted by Crippen LogP contribution is 2.06. The molecule has 4 N–H and O–H groups in total. The van der Waals surface area contributed by atoms with Gasteiger partial charge in [0.25, 0.3) is 0 Å². The number of nitrogens with two attached hydrogens (primary N) is 2. The maximum Gasteiger partial charge on any atom is 0.248 e. The molecule has 0 unspecified atom stereocenters. The highest BCUT2D eigenvalue weighted by molar-refractivity contribution is 5.93. The van der Waals surface area contributed by atoms with Gasteiger partial charge in [-0.25, -0.2) is 0 Å². The third kappa shape index (κ3) is 3.64. The third-order valence-electron chi connectivity index (χ3n) is 1.80. The fourth-order valence-electron chi connectivity index (χ4n) is 1.11. The van der Waals surface area contributed by atoms with Crippen molar-refractivity contribution in [2.45, 2.75) is 6.42 Å². The van der Waals surface area contributed by atoms with E-state index in [1.54, 1.807) is 30.4 Å². The monoisotopic (exact) mass is 204 g/mol. The minimum absolute atomic E-state index is 0.181. The maximum absolute atomic E-state index is 10.9. The molecule has 0 aliphatic rings. The Morgan fingerprint density at radius 2 is 2.00 bits per heavy atom. The molecule has 1 aromatic carbocycles. The summed E-state index contributed by atoms with van der Waals surface area (Å²) in [7, 11) is 0. The van der Waals surface area contributed by atoms with Gasteiger partial charge in [-0.05, 0) is 17.7 Å². The molecule has 4 heteroatoms. The van der Waals surface area contributed by atoms with Gasteiger partial charge in [-0.3, -0.25) is 9.59 Å². The van der Waals surface area contributed by atoms with Crippen molar-refractivity contribution >= 4 is 17.9 Å². The molecule has 15 heavy (non-hydrogen) atoms. The van der Waals surface area contributed by atoms with Gasteiger partial charge in [-0.1, -0.05) is 24.3 Å². The van der Waals surface area contributed by atoms with E-state index in [1.165, 1.54) is 0 Å². The Morgan fingerprint density at radius 1 is 1.27 bits per heavy atom. The van der Waals surface area contributed by atoms with Crippen molar-refractivity contribution in [1.82, 2.24) is 0 Å². The molecule has 0 bridgehead atoms. The number of amides is 2. The quantitative estimate of drug-likeness (QED) is 0.755. The van der Waals surface area contributed by atoms with Crippen molar-refractivity contribution in [1.29, 1.82) is 0 Å². The number of carbonyl (C=O) groups excluding carboxylic acids is 2. The Hall–Kier alpha value is -2.10. The largest absolute Gasteiger partial charge is 0.369 e. The van der Waals surface area contributed by atoms with Crippen LogP contribution >= 0.6 is 0 Å². The molecule has 2 amide bonds. The number of benzene rings is 1. The van der Waals surface area contributed by atoms with E-state index < -0.39 is 11.8 Å². The smallest absolute Gasteiger partial charge is 0.248 e. The van der Waals surface area contributed by atoms with Gasteiger partial charge in [0.05, 0.1) is 0 Å². The average Bonchev–Trinajstić information content (AvgIpc) is 2.17. The molecular weight excluding hydrogens is 192 g/mol. The molecule has 0 fully saturated rings. The summed E-state index contributed by atoms with van der Waals surface area (Å²) in [4.78, 5) is 21.3. The standard InChI is InChI=1S/C11H12N2O2/c12-10(14)6-2-4-8-3-1-5-9(7-8)11(13)15/h1-5,7H,6H2,(H2,12,14)(H2,13,15). The highest BCUT2D eigenvalue weighted by Gasteiger charge is 1.98. The van der Waals surface area contributed by atoms with Crippen molar-refractivity contribution in [3.05, 3.63) is 41.5 Å². The Morgan fingerprint density at radius 3 is 2.60 bits per heavy atom. The van der Waals surface area contributed by atoms with Crippen LogP contribution in [-0.2, 0) is 4.79 Å². The Labute approximate surface area is 87.6 Å². The normalized spacial score (nSPS) is 10.4. The van der Waals surface area contributed by atoms with Crippen LogP contribution in [0.2, 0.25) is 0 Å². The minimum atomic E-state index is -0.472. The average molecular weight is 204 g/mol. The van der Waals surface area contributed by atoms with Gasteiger partial charge in [0.1, 0.15) is 0 Å². The van der Waals surface area contributed by atoms with Crippen molar-refractivity contribution in [2.75, 3.05) is 0 Å². The lowest BCUT2D eigenvalue weighted by molar-refractivity contribution is -0.117. The fourth-order valence-corrected chi connectivity index (χ4v) is 1.11. The second kappa shape index (κ2) is 4.95. The summed E-state index contributed by atoms with van der Waals surface area (Å²) in [5, 5.41) is 0. The lowest BCUT2D eigenvalue weighted by Gasteiger charge is -1.97. The molecule has 4 nitrogen and oxygen atoms in total. The molecule has 0 aliphatic heterocycles. The van der Waals surface area contributed by atoms with E-state index >= 15 is 0 Å². The van der Waals surface area contributed by atoms with Crippen LogP contribution in [-0.4, -0.2) is 11.8 Å². The molecule has 78 valence electrons. The summed E-state index contributed by atoms with van der Waals surface area (Å²) in [6, 6.07) is 6.82. The van der Waals surface area contributed by atoms with E-state index in [4.69, 9.17) is 11.5 Å². The molecule has 0 aliphatic carbocycles. The van der Waals surface area contributed by atoms with Crippen LogP contribution in [0.4, 0.5) is 0 Å². The van der Waals surface area contributed by atoms with Crippen molar-refractivity contribution in [3.63, 3.8) is 0 Å². The maximum atomic E-state index is 10.9. The molecule has 0 radical (unpaired) electrons. The molecule has 0 spiro atoms. The third-order valence-corrected chi connectivity index (χ3v) is 1.80. The first-order valence-electron chi connectivity index (χ1n) is 4.44. The Balaban J connectivity index is 2.78. The second-order valence-electron chi connectivity index (χ2n) is 3.06. The van der Waals surface area contributed by atoms with E-state index in [0.29, 0.717) is 5.56 Å². The predicted octanol–water partition coefficient (Wildman–Crippen LogP) is 0.674. The van der Waals surface area contributed by atoms with Crippen molar-refractivity contribution < 1.29 is 9.59 Å². The van der Waals surface area contributed by atoms with E-state index in [2.05, 4.69) is 0 Å². The summed E-state index contributed by atoms with van der Waals surface area (Å²) in [5.74, 6) is -0.863. The SMILES string of the molecule is NC(=O)CC=Cc1cccc(C(N)=O)c1. The zero-order chi connectivity index (χ0) is 11.3. The Kier molecular flexibility index (Phi) is 3.62. The molecule has 0 saturated carbocycles. The fraction of sp³-hybridized carbons (Fsp3) is 0.0909. The minimum Gasteiger partial charge on any atom is -0.369 e. The first-order chi connectivity index (χ1) is 7.09. The highest BCUT2D eigenvalue weighted by atomic mass is 16.1. The first-order valence-corrected chi connectivity index (χ1v) is 4.44. The number of carbonyl (C=O) groups is 2. The van der Waals surface area contributed by atoms with Crippen LogP contribution in [0.5, 0.6) is 0 Å². The molecule has 0 aromatic heterocycles. The van der Waals surface area contributed by atoms with Crippen LogP contribution < -0.4 is 11.5 Å². The van der Waals surface area contributed by atoms with E-state index in [9.17, 15) is 9.59 Å². The summed E-state index contributed by atoms with van der Waals surface area (Å²) in [5.41, 5.74) is 11.3.